The first kappa shape index (κ1) is 19.1. The minimum atomic E-state index is -0.252. The molecule has 0 bridgehead atoms. The number of nitrogens with one attached hydrogen (secondary N) is 2. The zero-order chi connectivity index (χ0) is 20.9. The van der Waals surface area contributed by atoms with Crippen LogP contribution in [0.25, 0.3) is 22.0 Å². The summed E-state index contributed by atoms with van der Waals surface area (Å²) >= 11 is 0. The second-order valence-electron chi connectivity index (χ2n) is 6.56. The number of fused-ring (bicyclic) bond motifs is 1. The molecule has 0 aliphatic rings. The molecule has 0 radical (unpaired) electrons. The van der Waals surface area contributed by atoms with Gasteiger partial charge in [0.15, 0.2) is 0 Å². The molecule has 0 fully saturated rings. The molecule has 1 aromatic heterocycles. The van der Waals surface area contributed by atoms with E-state index in [1.807, 2.05) is 66.7 Å². The summed E-state index contributed by atoms with van der Waals surface area (Å²) in [6, 6.07) is 21.1. The van der Waals surface area contributed by atoms with Gasteiger partial charge in [-0.25, -0.2) is 9.97 Å². The molecule has 0 unspecified atom stereocenters. The van der Waals surface area contributed by atoms with Gasteiger partial charge in [-0.15, -0.1) is 0 Å². The Hall–Kier alpha value is -4.19. The van der Waals surface area contributed by atoms with Crippen molar-refractivity contribution >= 4 is 34.1 Å². The number of amides is 1. The maximum atomic E-state index is 11.6. The van der Waals surface area contributed by atoms with Crippen LogP contribution in [-0.2, 0) is 4.79 Å². The molecule has 30 heavy (non-hydrogen) atoms. The number of hydrogen-bond donors (Lipinski definition) is 2. The third kappa shape index (κ3) is 4.12. The minimum Gasteiger partial charge on any atom is -0.497 e. The summed E-state index contributed by atoms with van der Waals surface area (Å²) in [6.07, 6.45) is 3.04. The van der Waals surface area contributed by atoms with E-state index in [0.717, 1.165) is 33.5 Å². The Morgan fingerprint density at radius 3 is 2.60 bits per heavy atom. The Labute approximate surface area is 174 Å². The summed E-state index contributed by atoms with van der Waals surface area (Å²) < 4.78 is 5.19. The Morgan fingerprint density at radius 2 is 1.83 bits per heavy atom. The molecular formula is C24H20N4O2. The number of hydrogen-bond acceptors (Lipinski definition) is 5. The van der Waals surface area contributed by atoms with Crippen LogP contribution in [0.15, 0.2) is 85.6 Å². The number of nitrogens with zero attached hydrogens (tertiary/aromatic N) is 2. The van der Waals surface area contributed by atoms with Gasteiger partial charge < -0.3 is 15.4 Å². The highest BCUT2D eigenvalue weighted by atomic mass is 16.5. The van der Waals surface area contributed by atoms with Crippen LogP contribution in [0.2, 0.25) is 0 Å². The number of rotatable bonds is 6. The number of methoxy groups -OCH3 is 1. The van der Waals surface area contributed by atoms with Gasteiger partial charge in [0.2, 0.25) is 11.9 Å². The lowest BCUT2D eigenvalue weighted by atomic mass is 10.0. The van der Waals surface area contributed by atoms with Crippen LogP contribution < -0.4 is 15.4 Å². The maximum absolute atomic E-state index is 11.6. The van der Waals surface area contributed by atoms with Crippen LogP contribution in [0, 0.1) is 0 Å². The van der Waals surface area contributed by atoms with Crippen LogP contribution in [0.1, 0.15) is 0 Å². The van der Waals surface area contributed by atoms with Crippen molar-refractivity contribution in [1.82, 2.24) is 9.97 Å². The van der Waals surface area contributed by atoms with Crippen LogP contribution in [0.4, 0.5) is 17.3 Å². The second kappa shape index (κ2) is 8.45. The van der Waals surface area contributed by atoms with E-state index in [1.165, 1.54) is 6.08 Å². The largest absolute Gasteiger partial charge is 0.497 e. The van der Waals surface area contributed by atoms with Gasteiger partial charge in [-0.3, -0.25) is 4.79 Å². The molecular weight excluding hydrogens is 376 g/mol. The molecule has 6 nitrogen and oxygen atoms in total. The highest BCUT2D eigenvalue weighted by Crippen LogP contribution is 2.30. The number of para-hydroxylation sites is 1. The van der Waals surface area contributed by atoms with E-state index < -0.39 is 0 Å². The van der Waals surface area contributed by atoms with Gasteiger partial charge in [0.05, 0.1) is 12.6 Å². The first-order chi connectivity index (χ1) is 14.7. The smallest absolute Gasteiger partial charge is 0.247 e. The standard InChI is InChI=1S/C24H20N4O2/c1-3-22(29)26-19-8-4-6-16(14-19)21-9-5-7-17-15-25-24(28-23(17)21)27-18-10-12-20(30-2)13-11-18/h3-15H,1H2,2H3,(H,26,29)(H,25,27,28). The van der Waals surface area contributed by atoms with Crippen molar-refractivity contribution in [2.24, 2.45) is 0 Å². The third-order valence-corrected chi connectivity index (χ3v) is 4.58. The van der Waals surface area contributed by atoms with Gasteiger partial charge in [-0.1, -0.05) is 36.9 Å². The van der Waals surface area contributed by atoms with Crippen molar-refractivity contribution in [2.75, 3.05) is 17.7 Å². The van der Waals surface area contributed by atoms with Gasteiger partial charge >= 0.3 is 0 Å². The highest BCUT2D eigenvalue weighted by Gasteiger charge is 2.09. The second-order valence-corrected chi connectivity index (χ2v) is 6.56. The van der Waals surface area contributed by atoms with Gasteiger partial charge in [0.1, 0.15) is 5.75 Å². The summed E-state index contributed by atoms with van der Waals surface area (Å²) in [5.74, 6) is 1.03. The summed E-state index contributed by atoms with van der Waals surface area (Å²) in [6.45, 7) is 3.49. The molecule has 0 aliphatic heterocycles. The van der Waals surface area contributed by atoms with Gasteiger partial charge in [0.25, 0.3) is 0 Å². The fourth-order valence-corrected chi connectivity index (χ4v) is 3.11. The first-order valence-corrected chi connectivity index (χ1v) is 9.37. The van der Waals surface area contributed by atoms with Gasteiger partial charge in [0, 0.05) is 28.5 Å². The van der Waals surface area contributed by atoms with Crippen molar-refractivity contribution < 1.29 is 9.53 Å². The lowest BCUT2D eigenvalue weighted by molar-refractivity contribution is -0.111. The Kier molecular flexibility index (Phi) is 5.39. The van der Waals surface area contributed by atoms with Crippen molar-refractivity contribution in [3.8, 4) is 16.9 Å². The molecule has 148 valence electrons. The monoisotopic (exact) mass is 396 g/mol. The van der Waals surface area contributed by atoms with Crippen LogP contribution in [0.3, 0.4) is 0 Å². The fourth-order valence-electron chi connectivity index (χ4n) is 3.11. The molecule has 0 saturated carbocycles. The van der Waals surface area contributed by atoms with Crippen molar-refractivity contribution in [3.63, 3.8) is 0 Å². The normalized spacial score (nSPS) is 10.4. The van der Waals surface area contributed by atoms with Crippen LogP contribution in [0.5, 0.6) is 5.75 Å². The SMILES string of the molecule is C=CC(=O)Nc1cccc(-c2cccc3cnc(Nc4ccc(OC)cc4)nc23)c1. The molecule has 2 N–H and O–H groups in total. The topological polar surface area (TPSA) is 76.1 Å². The summed E-state index contributed by atoms with van der Waals surface area (Å²) in [5.41, 5.74) is 4.26. The predicted octanol–water partition coefficient (Wildman–Crippen LogP) is 5.17. The minimum absolute atomic E-state index is 0.252. The zero-order valence-electron chi connectivity index (χ0n) is 16.4. The number of ether oxygens (including phenoxy) is 1. The Morgan fingerprint density at radius 1 is 1.03 bits per heavy atom. The first-order valence-electron chi connectivity index (χ1n) is 9.37. The average Bonchev–Trinajstić information content (AvgIpc) is 2.79. The average molecular weight is 396 g/mol. The fraction of sp³-hybridized carbons (Fsp3) is 0.0417. The maximum Gasteiger partial charge on any atom is 0.247 e. The zero-order valence-corrected chi connectivity index (χ0v) is 16.4. The summed E-state index contributed by atoms with van der Waals surface area (Å²) in [7, 11) is 1.63. The Bertz CT molecular complexity index is 1220. The van der Waals surface area contributed by atoms with Crippen LogP contribution >= 0.6 is 0 Å². The molecule has 1 heterocycles. The molecule has 0 atom stereocenters. The van der Waals surface area contributed by atoms with E-state index in [9.17, 15) is 4.79 Å². The van der Waals surface area contributed by atoms with E-state index in [1.54, 1.807) is 13.3 Å². The number of carbonyl (C=O) groups is 1. The third-order valence-electron chi connectivity index (χ3n) is 4.58. The molecule has 4 rings (SSSR count). The lowest BCUT2D eigenvalue weighted by Gasteiger charge is -2.11. The van der Waals surface area contributed by atoms with E-state index >= 15 is 0 Å². The Balaban J connectivity index is 1.70. The van der Waals surface area contributed by atoms with E-state index in [-0.39, 0.29) is 5.91 Å². The van der Waals surface area contributed by atoms with Gasteiger partial charge in [-0.2, -0.15) is 0 Å². The number of carbonyl (C=O) groups excluding carboxylic acids is 1. The number of anilines is 3. The number of aromatic nitrogens is 2. The molecule has 0 spiro atoms. The molecule has 0 aliphatic carbocycles. The van der Waals surface area contributed by atoms with E-state index in [2.05, 4.69) is 22.2 Å². The van der Waals surface area contributed by atoms with Crippen molar-refractivity contribution in [3.05, 3.63) is 85.6 Å². The molecule has 0 saturated heterocycles. The van der Waals surface area contributed by atoms with E-state index in [4.69, 9.17) is 9.72 Å². The van der Waals surface area contributed by atoms with E-state index in [0.29, 0.717) is 11.6 Å². The predicted molar refractivity (Wildman–Crippen MR) is 120 cm³/mol. The molecule has 1 amide bonds. The van der Waals surface area contributed by atoms with Crippen molar-refractivity contribution in [2.45, 2.75) is 0 Å². The number of benzene rings is 3. The summed E-state index contributed by atoms with van der Waals surface area (Å²) in [5, 5.41) is 6.94. The quantitative estimate of drug-likeness (QED) is 0.440. The molecule has 3 aromatic carbocycles. The molecule has 4 aromatic rings. The lowest BCUT2D eigenvalue weighted by Crippen LogP contribution is -2.07. The summed E-state index contributed by atoms with van der Waals surface area (Å²) in [4.78, 5) is 20.8. The van der Waals surface area contributed by atoms with Crippen molar-refractivity contribution in [1.29, 1.82) is 0 Å². The van der Waals surface area contributed by atoms with Crippen LogP contribution in [-0.4, -0.2) is 23.0 Å². The highest BCUT2D eigenvalue weighted by molar-refractivity contribution is 6.00. The van der Waals surface area contributed by atoms with Gasteiger partial charge in [-0.05, 0) is 48.0 Å². The molecule has 6 heteroatoms.